The lowest BCUT2D eigenvalue weighted by Gasteiger charge is -2.14. The highest BCUT2D eigenvalue weighted by molar-refractivity contribution is 5.91. The Labute approximate surface area is 133 Å². The van der Waals surface area contributed by atoms with Crippen molar-refractivity contribution in [3.05, 3.63) is 42.0 Å². The Morgan fingerprint density at radius 2 is 1.86 bits per heavy atom. The third-order valence-electron chi connectivity index (χ3n) is 4.15. The second kappa shape index (κ2) is 7.15. The van der Waals surface area contributed by atoms with Gasteiger partial charge in [0.15, 0.2) is 0 Å². The van der Waals surface area contributed by atoms with Crippen molar-refractivity contribution in [3.8, 4) is 5.75 Å². The van der Waals surface area contributed by atoms with Crippen LogP contribution < -0.4 is 10.5 Å². The lowest BCUT2D eigenvalue weighted by atomic mass is 9.97. The van der Waals surface area contributed by atoms with E-state index in [0.29, 0.717) is 0 Å². The number of halogens is 1. The minimum absolute atomic E-state index is 0. The Morgan fingerprint density at radius 1 is 1.14 bits per heavy atom. The van der Waals surface area contributed by atoms with E-state index in [0.717, 1.165) is 31.1 Å². The van der Waals surface area contributed by atoms with Crippen molar-refractivity contribution in [2.75, 3.05) is 6.61 Å². The Hall–Kier alpha value is -1.25. The molecule has 114 valence electrons. The largest absolute Gasteiger partial charge is 0.493 e. The van der Waals surface area contributed by atoms with E-state index in [1.54, 1.807) is 0 Å². The molecule has 2 N–H and O–H groups in total. The summed E-state index contributed by atoms with van der Waals surface area (Å²) < 4.78 is 6.00. The van der Waals surface area contributed by atoms with Crippen LogP contribution in [0.3, 0.4) is 0 Å². The lowest BCUT2D eigenvalue weighted by molar-refractivity contribution is 0.303. The summed E-state index contributed by atoms with van der Waals surface area (Å²) in [6.45, 7) is 3.00. The number of nitrogens with two attached hydrogens (primary N) is 1. The molecule has 0 spiro atoms. The van der Waals surface area contributed by atoms with Gasteiger partial charge < -0.3 is 10.5 Å². The van der Waals surface area contributed by atoms with Gasteiger partial charge in [0.25, 0.3) is 0 Å². The molecule has 0 bridgehead atoms. The number of ether oxygens (including phenoxy) is 1. The lowest BCUT2D eigenvalue weighted by Crippen LogP contribution is -2.21. The highest BCUT2D eigenvalue weighted by Gasteiger charge is 2.22. The van der Waals surface area contributed by atoms with Gasteiger partial charge in [-0.1, -0.05) is 37.3 Å². The Kier molecular flexibility index (Phi) is 5.49. The second-order valence-electron chi connectivity index (χ2n) is 5.90. The summed E-state index contributed by atoms with van der Waals surface area (Å²) >= 11 is 0. The fourth-order valence-corrected chi connectivity index (χ4v) is 2.56. The van der Waals surface area contributed by atoms with Gasteiger partial charge in [-0.25, -0.2) is 0 Å². The zero-order chi connectivity index (χ0) is 13.9. The zero-order valence-electron chi connectivity index (χ0n) is 12.5. The molecule has 1 saturated carbocycles. The molecule has 3 rings (SSSR count). The molecule has 0 amide bonds. The SMILES string of the molecule is CCC(N)Cc1ccc(OCC2CC2)c2ccccc12.Cl. The zero-order valence-corrected chi connectivity index (χ0v) is 13.4. The highest BCUT2D eigenvalue weighted by Crippen LogP contribution is 2.33. The summed E-state index contributed by atoms with van der Waals surface area (Å²) in [4.78, 5) is 0. The maximum absolute atomic E-state index is 6.11. The molecule has 2 aromatic rings. The van der Waals surface area contributed by atoms with Gasteiger partial charge in [-0.3, -0.25) is 0 Å². The monoisotopic (exact) mass is 305 g/mol. The molecule has 3 heteroatoms. The predicted molar refractivity (Wildman–Crippen MR) is 91.4 cm³/mol. The molecule has 0 saturated heterocycles. The fraction of sp³-hybridized carbons (Fsp3) is 0.444. The van der Waals surface area contributed by atoms with Gasteiger partial charge in [0, 0.05) is 11.4 Å². The topological polar surface area (TPSA) is 35.2 Å². The average Bonchev–Trinajstić information content (AvgIpc) is 3.30. The summed E-state index contributed by atoms with van der Waals surface area (Å²) in [5.41, 5.74) is 7.44. The van der Waals surface area contributed by atoms with Crippen LogP contribution in [0.1, 0.15) is 31.7 Å². The van der Waals surface area contributed by atoms with Crippen LogP contribution in [0.25, 0.3) is 10.8 Å². The van der Waals surface area contributed by atoms with E-state index in [9.17, 15) is 0 Å². The predicted octanol–water partition coefficient (Wildman–Crippen LogP) is 4.33. The van der Waals surface area contributed by atoms with Crippen LogP contribution in [0, 0.1) is 5.92 Å². The van der Waals surface area contributed by atoms with Crippen LogP contribution in [0.2, 0.25) is 0 Å². The van der Waals surface area contributed by atoms with E-state index in [4.69, 9.17) is 10.5 Å². The summed E-state index contributed by atoms with van der Waals surface area (Å²) in [5.74, 6) is 1.79. The Balaban J connectivity index is 0.00000161. The molecule has 0 heterocycles. The molecular weight excluding hydrogens is 282 g/mol. The molecule has 2 nitrogen and oxygen atoms in total. The van der Waals surface area contributed by atoms with Crippen molar-refractivity contribution in [1.29, 1.82) is 0 Å². The van der Waals surface area contributed by atoms with E-state index >= 15 is 0 Å². The molecule has 2 aromatic carbocycles. The number of rotatable bonds is 6. The van der Waals surface area contributed by atoms with E-state index in [2.05, 4.69) is 43.3 Å². The van der Waals surface area contributed by atoms with Crippen molar-refractivity contribution < 1.29 is 4.74 Å². The summed E-state index contributed by atoms with van der Waals surface area (Å²) in [6, 6.07) is 13.0. The van der Waals surface area contributed by atoms with Gasteiger partial charge in [-0.05, 0) is 48.6 Å². The Bertz CT molecular complexity index is 595. The normalized spacial score (nSPS) is 15.5. The molecule has 1 fully saturated rings. The first kappa shape index (κ1) is 16.1. The average molecular weight is 306 g/mol. The molecule has 1 atom stereocenters. The number of hydrogen-bond acceptors (Lipinski definition) is 2. The number of benzene rings is 2. The molecule has 21 heavy (non-hydrogen) atoms. The van der Waals surface area contributed by atoms with Crippen molar-refractivity contribution in [2.45, 2.75) is 38.6 Å². The van der Waals surface area contributed by atoms with Crippen LogP contribution in [0.4, 0.5) is 0 Å². The minimum atomic E-state index is 0. The first-order valence-electron chi connectivity index (χ1n) is 7.67. The van der Waals surface area contributed by atoms with Crippen LogP contribution in [0.15, 0.2) is 36.4 Å². The first-order chi connectivity index (χ1) is 9.78. The van der Waals surface area contributed by atoms with Gasteiger partial charge in [-0.2, -0.15) is 0 Å². The van der Waals surface area contributed by atoms with E-state index in [1.165, 1.54) is 29.2 Å². The summed E-state index contributed by atoms with van der Waals surface area (Å²) in [5, 5.41) is 2.50. The minimum Gasteiger partial charge on any atom is -0.493 e. The standard InChI is InChI=1S/C18H23NO.ClH/c1-2-15(19)11-14-9-10-18(20-12-13-7-8-13)17-6-4-3-5-16(14)17;/h3-6,9-10,13,15H,2,7-8,11-12,19H2,1H3;1H. The molecule has 0 aliphatic heterocycles. The Morgan fingerprint density at radius 3 is 2.52 bits per heavy atom. The van der Waals surface area contributed by atoms with E-state index in [-0.39, 0.29) is 18.4 Å². The number of hydrogen-bond donors (Lipinski definition) is 1. The second-order valence-corrected chi connectivity index (χ2v) is 5.90. The van der Waals surface area contributed by atoms with Crippen molar-refractivity contribution >= 4 is 23.2 Å². The van der Waals surface area contributed by atoms with Gasteiger partial charge in [0.1, 0.15) is 5.75 Å². The maximum Gasteiger partial charge on any atom is 0.127 e. The molecule has 1 aliphatic carbocycles. The van der Waals surface area contributed by atoms with E-state index in [1.807, 2.05) is 0 Å². The molecule has 1 unspecified atom stereocenters. The van der Waals surface area contributed by atoms with Crippen LogP contribution in [-0.4, -0.2) is 12.6 Å². The molecular formula is C18H24ClNO. The maximum atomic E-state index is 6.11. The van der Waals surface area contributed by atoms with Crippen molar-refractivity contribution in [2.24, 2.45) is 11.7 Å². The summed E-state index contributed by atoms with van der Waals surface area (Å²) in [7, 11) is 0. The summed E-state index contributed by atoms with van der Waals surface area (Å²) in [6.07, 6.45) is 4.58. The third-order valence-corrected chi connectivity index (χ3v) is 4.15. The number of fused-ring (bicyclic) bond motifs is 1. The van der Waals surface area contributed by atoms with Crippen molar-refractivity contribution in [1.82, 2.24) is 0 Å². The van der Waals surface area contributed by atoms with Crippen LogP contribution >= 0.6 is 12.4 Å². The molecule has 1 aliphatic rings. The van der Waals surface area contributed by atoms with Gasteiger partial charge in [-0.15, -0.1) is 12.4 Å². The van der Waals surface area contributed by atoms with Gasteiger partial charge in [0.2, 0.25) is 0 Å². The smallest absolute Gasteiger partial charge is 0.127 e. The van der Waals surface area contributed by atoms with E-state index < -0.39 is 0 Å². The van der Waals surface area contributed by atoms with Crippen molar-refractivity contribution in [3.63, 3.8) is 0 Å². The van der Waals surface area contributed by atoms with Gasteiger partial charge >= 0.3 is 0 Å². The third kappa shape index (κ3) is 3.90. The van der Waals surface area contributed by atoms with Crippen LogP contribution in [-0.2, 0) is 6.42 Å². The molecule has 0 aromatic heterocycles. The fourth-order valence-electron chi connectivity index (χ4n) is 2.56. The van der Waals surface area contributed by atoms with Gasteiger partial charge in [0.05, 0.1) is 6.61 Å². The highest BCUT2D eigenvalue weighted by atomic mass is 35.5. The van der Waals surface area contributed by atoms with Crippen LogP contribution in [0.5, 0.6) is 5.75 Å². The molecule has 0 radical (unpaired) electrons. The first-order valence-corrected chi connectivity index (χ1v) is 7.67. The quantitative estimate of drug-likeness (QED) is 0.862.